The third kappa shape index (κ3) is 3.94. The highest BCUT2D eigenvalue weighted by Gasteiger charge is 2.20. The summed E-state index contributed by atoms with van der Waals surface area (Å²) in [7, 11) is -3.75. The molecule has 1 atom stereocenters. The van der Waals surface area contributed by atoms with Crippen LogP contribution in [-0.2, 0) is 10.0 Å². The molecule has 0 aromatic heterocycles. The zero-order valence-corrected chi connectivity index (χ0v) is 13.9. The number of rotatable bonds is 5. The van der Waals surface area contributed by atoms with Crippen molar-refractivity contribution in [3.63, 3.8) is 0 Å². The Balaban J connectivity index is 2.24. The van der Waals surface area contributed by atoms with Gasteiger partial charge in [0.05, 0.1) is 9.82 Å². The van der Waals surface area contributed by atoms with Gasteiger partial charge in [0.1, 0.15) is 0 Å². The summed E-state index contributed by atoms with van der Waals surface area (Å²) in [6.45, 7) is 5.67. The fourth-order valence-electron chi connectivity index (χ4n) is 2.42. The van der Waals surface area contributed by atoms with Crippen molar-refractivity contribution in [1.29, 1.82) is 0 Å². The van der Waals surface area contributed by atoms with E-state index >= 15 is 0 Å². The molecule has 0 bridgehead atoms. The van der Waals surface area contributed by atoms with Gasteiger partial charge in [-0.15, -0.1) is 0 Å². The normalized spacial score (nSPS) is 12.8. The first kappa shape index (κ1) is 17.1. The van der Waals surface area contributed by atoms with Gasteiger partial charge in [0, 0.05) is 18.2 Å². The van der Waals surface area contributed by atoms with E-state index in [1.54, 1.807) is 6.92 Å². The molecule has 0 aliphatic rings. The number of nitrogens with zero attached hydrogens (tertiary/aromatic N) is 1. The molecule has 7 heteroatoms. The summed E-state index contributed by atoms with van der Waals surface area (Å²) in [5.41, 5.74) is 2.85. The Morgan fingerprint density at radius 3 is 2.22 bits per heavy atom. The molecule has 6 nitrogen and oxygen atoms in total. The number of hydrogen-bond acceptors (Lipinski definition) is 4. The Morgan fingerprint density at radius 1 is 1.09 bits per heavy atom. The summed E-state index contributed by atoms with van der Waals surface area (Å²) in [5.74, 6) is 0. The van der Waals surface area contributed by atoms with Crippen molar-refractivity contribution in [3.05, 3.63) is 69.3 Å². The molecule has 0 heterocycles. The summed E-state index contributed by atoms with van der Waals surface area (Å²) in [6, 6.07) is 10.2. The molecule has 0 aliphatic carbocycles. The fraction of sp³-hybridized carbons (Fsp3) is 0.250. The van der Waals surface area contributed by atoms with E-state index in [-0.39, 0.29) is 10.6 Å². The van der Waals surface area contributed by atoms with Crippen molar-refractivity contribution < 1.29 is 13.3 Å². The maximum atomic E-state index is 12.4. The monoisotopic (exact) mass is 334 g/mol. The van der Waals surface area contributed by atoms with Gasteiger partial charge in [-0.3, -0.25) is 10.1 Å². The van der Waals surface area contributed by atoms with Crippen molar-refractivity contribution in [2.24, 2.45) is 0 Å². The van der Waals surface area contributed by atoms with Crippen molar-refractivity contribution in [2.45, 2.75) is 31.7 Å². The molecular weight excluding hydrogens is 316 g/mol. The molecule has 0 fully saturated rings. The van der Waals surface area contributed by atoms with E-state index in [0.717, 1.165) is 16.7 Å². The van der Waals surface area contributed by atoms with Gasteiger partial charge in [0.2, 0.25) is 10.0 Å². The molecule has 0 unspecified atom stereocenters. The SMILES string of the molecule is Cc1ccc([C@H](C)NS(=O)(=O)c2ccc([N+](=O)[O-])cc2)c(C)c1. The number of nitrogens with one attached hydrogen (secondary N) is 1. The Bertz CT molecular complexity index is 830. The largest absolute Gasteiger partial charge is 0.269 e. The summed E-state index contributed by atoms with van der Waals surface area (Å²) in [5, 5.41) is 10.6. The molecule has 0 saturated carbocycles. The predicted molar refractivity (Wildman–Crippen MR) is 87.7 cm³/mol. The molecule has 2 aromatic rings. The molecule has 122 valence electrons. The molecule has 0 aliphatic heterocycles. The van der Waals surface area contributed by atoms with E-state index < -0.39 is 21.0 Å². The first-order valence-electron chi connectivity index (χ1n) is 7.04. The fourth-order valence-corrected chi connectivity index (χ4v) is 3.65. The van der Waals surface area contributed by atoms with Gasteiger partial charge in [0.25, 0.3) is 5.69 Å². The van der Waals surface area contributed by atoms with Crippen molar-refractivity contribution in [3.8, 4) is 0 Å². The number of nitro groups is 1. The smallest absolute Gasteiger partial charge is 0.258 e. The van der Waals surface area contributed by atoms with Crippen LogP contribution in [-0.4, -0.2) is 13.3 Å². The molecular formula is C16H18N2O4S. The van der Waals surface area contributed by atoms with E-state index in [1.165, 1.54) is 24.3 Å². The van der Waals surface area contributed by atoms with Gasteiger partial charge >= 0.3 is 0 Å². The Labute approximate surface area is 135 Å². The number of hydrogen-bond donors (Lipinski definition) is 1. The van der Waals surface area contributed by atoms with Gasteiger partial charge < -0.3 is 0 Å². The average molecular weight is 334 g/mol. The van der Waals surface area contributed by atoms with E-state index in [9.17, 15) is 18.5 Å². The lowest BCUT2D eigenvalue weighted by Crippen LogP contribution is -2.27. The second-order valence-electron chi connectivity index (χ2n) is 5.45. The first-order chi connectivity index (χ1) is 10.7. The van der Waals surface area contributed by atoms with Gasteiger partial charge in [0.15, 0.2) is 0 Å². The lowest BCUT2D eigenvalue weighted by molar-refractivity contribution is -0.384. The Hall–Kier alpha value is -2.25. The average Bonchev–Trinajstić information content (AvgIpc) is 2.46. The maximum Gasteiger partial charge on any atom is 0.269 e. The van der Waals surface area contributed by atoms with Crippen LogP contribution in [0.5, 0.6) is 0 Å². The predicted octanol–water partition coefficient (Wildman–Crippen LogP) is 3.25. The van der Waals surface area contributed by atoms with Crippen LogP contribution in [0.15, 0.2) is 47.4 Å². The minimum absolute atomic E-state index is 0.000264. The molecule has 0 saturated heterocycles. The molecule has 0 radical (unpaired) electrons. The number of non-ortho nitro benzene ring substituents is 1. The topological polar surface area (TPSA) is 89.3 Å². The Morgan fingerprint density at radius 2 is 1.70 bits per heavy atom. The second kappa shape index (κ2) is 6.47. The van der Waals surface area contributed by atoms with Crippen LogP contribution in [0.1, 0.15) is 29.7 Å². The Kier molecular flexibility index (Phi) is 4.82. The second-order valence-corrected chi connectivity index (χ2v) is 7.17. The third-order valence-corrected chi connectivity index (χ3v) is 5.14. The summed E-state index contributed by atoms with van der Waals surface area (Å²) >= 11 is 0. The molecule has 23 heavy (non-hydrogen) atoms. The van der Waals surface area contributed by atoms with E-state index in [0.29, 0.717) is 0 Å². The minimum Gasteiger partial charge on any atom is -0.258 e. The van der Waals surface area contributed by atoms with E-state index in [2.05, 4.69) is 4.72 Å². The van der Waals surface area contributed by atoms with Gasteiger partial charge in [-0.2, -0.15) is 0 Å². The lowest BCUT2D eigenvalue weighted by Gasteiger charge is -2.17. The van der Waals surface area contributed by atoms with Crippen LogP contribution in [0.2, 0.25) is 0 Å². The van der Waals surface area contributed by atoms with Gasteiger partial charge in [-0.25, -0.2) is 13.1 Å². The molecule has 1 N–H and O–H groups in total. The van der Waals surface area contributed by atoms with Gasteiger partial charge in [-0.1, -0.05) is 23.8 Å². The molecule has 2 rings (SSSR count). The lowest BCUT2D eigenvalue weighted by atomic mass is 10.0. The van der Waals surface area contributed by atoms with Crippen LogP contribution in [0.25, 0.3) is 0 Å². The molecule has 0 amide bonds. The quantitative estimate of drug-likeness (QED) is 0.671. The standard InChI is InChI=1S/C16H18N2O4S/c1-11-4-9-16(12(2)10-11)13(3)17-23(21,22)15-7-5-14(6-8-15)18(19)20/h4-10,13,17H,1-3H3/t13-/m0/s1. The zero-order valence-electron chi connectivity index (χ0n) is 13.1. The third-order valence-electron chi connectivity index (χ3n) is 3.58. The molecule has 0 spiro atoms. The van der Waals surface area contributed by atoms with Crippen LogP contribution >= 0.6 is 0 Å². The minimum atomic E-state index is -3.75. The first-order valence-corrected chi connectivity index (χ1v) is 8.53. The number of benzene rings is 2. The van der Waals surface area contributed by atoms with Crippen LogP contribution in [0, 0.1) is 24.0 Å². The van der Waals surface area contributed by atoms with Crippen molar-refractivity contribution in [2.75, 3.05) is 0 Å². The highest BCUT2D eigenvalue weighted by atomic mass is 32.2. The van der Waals surface area contributed by atoms with Crippen LogP contribution in [0.4, 0.5) is 5.69 Å². The highest BCUT2D eigenvalue weighted by molar-refractivity contribution is 7.89. The number of sulfonamides is 1. The number of aryl methyl sites for hydroxylation is 2. The van der Waals surface area contributed by atoms with Crippen LogP contribution in [0.3, 0.4) is 0 Å². The zero-order chi connectivity index (χ0) is 17.2. The van der Waals surface area contributed by atoms with Gasteiger partial charge in [-0.05, 0) is 44.0 Å². The van der Waals surface area contributed by atoms with Crippen LogP contribution < -0.4 is 4.72 Å². The summed E-state index contributed by atoms with van der Waals surface area (Å²) < 4.78 is 27.4. The van der Waals surface area contributed by atoms with Crippen molar-refractivity contribution in [1.82, 2.24) is 4.72 Å². The van der Waals surface area contributed by atoms with Crippen molar-refractivity contribution >= 4 is 15.7 Å². The van der Waals surface area contributed by atoms with E-state index in [1.807, 2.05) is 32.0 Å². The highest BCUT2D eigenvalue weighted by Crippen LogP contribution is 2.22. The summed E-state index contributed by atoms with van der Waals surface area (Å²) in [6.07, 6.45) is 0. The molecule has 2 aromatic carbocycles. The van der Waals surface area contributed by atoms with E-state index in [4.69, 9.17) is 0 Å². The summed E-state index contributed by atoms with van der Waals surface area (Å²) in [4.78, 5) is 10.1. The maximum absolute atomic E-state index is 12.4. The number of nitro benzene ring substituents is 1.